The van der Waals surface area contributed by atoms with Gasteiger partial charge in [0.05, 0.1) is 6.42 Å². The number of hydrazine groups is 1. The molecular formula is C9H13N3O. The standard InChI is InChI=1S/C9H13N3O/c10-6-8-3-1-7(2-4-8)5-9(13)12-11/h1-4H,5-6,10-11H2,(H,12,13). The fourth-order valence-corrected chi connectivity index (χ4v) is 1.03. The molecule has 0 saturated carbocycles. The molecule has 0 fully saturated rings. The van der Waals surface area contributed by atoms with Crippen LogP contribution in [0.4, 0.5) is 0 Å². The van der Waals surface area contributed by atoms with Gasteiger partial charge in [-0.05, 0) is 11.1 Å². The number of benzene rings is 1. The third-order valence-corrected chi connectivity index (χ3v) is 1.78. The molecule has 13 heavy (non-hydrogen) atoms. The monoisotopic (exact) mass is 179 g/mol. The molecule has 0 spiro atoms. The summed E-state index contributed by atoms with van der Waals surface area (Å²) in [4.78, 5) is 10.9. The predicted molar refractivity (Wildman–Crippen MR) is 50.4 cm³/mol. The van der Waals surface area contributed by atoms with Gasteiger partial charge in [0.15, 0.2) is 0 Å². The average molecular weight is 179 g/mol. The second-order valence-corrected chi connectivity index (χ2v) is 2.76. The minimum Gasteiger partial charge on any atom is -0.326 e. The average Bonchev–Trinajstić information content (AvgIpc) is 2.19. The van der Waals surface area contributed by atoms with E-state index in [1.807, 2.05) is 24.3 Å². The van der Waals surface area contributed by atoms with Gasteiger partial charge in [0.1, 0.15) is 0 Å². The zero-order valence-electron chi connectivity index (χ0n) is 7.29. The predicted octanol–water partition coefficient (Wildman–Crippen LogP) is -0.322. The molecule has 1 rings (SSSR count). The van der Waals surface area contributed by atoms with Crippen LogP contribution in [0.3, 0.4) is 0 Å². The number of hydrogen-bond donors (Lipinski definition) is 3. The van der Waals surface area contributed by atoms with Crippen LogP contribution in [0.15, 0.2) is 24.3 Å². The van der Waals surface area contributed by atoms with Crippen LogP contribution in [-0.4, -0.2) is 5.91 Å². The van der Waals surface area contributed by atoms with Gasteiger partial charge in [-0.15, -0.1) is 0 Å². The second kappa shape index (κ2) is 4.59. The number of carbonyl (C=O) groups excluding carboxylic acids is 1. The van der Waals surface area contributed by atoms with Gasteiger partial charge in [-0.3, -0.25) is 10.2 Å². The number of nitrogens with two attached hydrogens (primary N) is 2. The van der Waals surface area contributed by atoms with Gasteiger partial charge in [-0.2, -0.15) is 0 Å². The Balaban J connectivity index is 2.64. The quantitative estimate of drug-likeness (QED) is 0.338. The summed E-state index contributed by atoms with van der Waals surface area (Å²) in [5, 5.41) is 0. The van der Waals surface area contributed by atoms with Crippen LogP contribution in [0.25, 0.3) is 0 Å². The third-order valence-electron chi connectivity index (χ3n) is 1.78. The van der Waals surface area contributed by atoms with Gasteiger partial charge in [0.2, 0.25) is 5.91 Å². The smallest absolute Gasteiger partial charge is 0.238 e. The zero-order valence-corrected chi connectivity index (χ0v) is 7.29. The molecule has 0 unspecified atom stereocenters. The van der Waals surface area contributed by atoms with E-state index in [4.69, 9.17) is 11.6 Å². The lowest BCUT2D eigenvalue weighted by Gasteiger charge is -2.01. The zero-order chi connectivity index (χ0) is 9.68. The largest absolute Gasteiger partial charge is 0.326 e. The van der Waals surface area contributed by atoms with Gasteiger partial charge >= 0.3 is 0 Å². The van der Waals surface area contributed by atoms with E-state index in [0.717, 1.165) is 11.1 Å². The van der Waals surface area contributed by atoms with Crippen LogP contribution in [0.1, 0.15) is 11.1 Å². The van der Waals surface area contributed by atoms with Gasteiger partial charge < -0.3 is 5.73 Å². The van der Waals surface area contributed by atoms with Crippen molar-refractivity contribution >= 4 is 5.91 Å². The molecule has 0 radical (unpaired) electrons. The summed E-state index contributed by atoms with van der Waals surface area (Å²) in [6.07, 6.45) is 0.307. The summed E-state index contributed by atoms with van der Waals surface area (Å²) in [6, 6.07) is 7.55. The van der Waals surface area contributed by atoms with Crippen molar-refractivity contribution in [2.45, 2.75) is 13.0 Å². The van der Waals surface area contributed by atoms with E-state index in [-0.39, 0.29) is 5.91 Å². The normalized spacial score (nSPS) is 9.69. The summed E-state index contributed by atoms with van der Waals surface area (Å²) in [7, 11) is 0. The van der Waals surface area contributed by atoms with Crippen LogP contribution >= 0.6 is 0 Å². The Labute approximate surface area is 76.9 Å². The Bertz CT molecular complexity index is 281. The first-order valence-corrected chi connectivity index (χ1v) is 4.03. The van der Waals surface area contributed by atoms with Crippen molar-refractivity contribution < 1.29 is 4.79 Å². The molecule has 0 saturated heterocycles. The fraction of sp³-hybridized carbons (Fsp3) is 0.222. The first kappa shape index (κ1) is 9.70. The van der Waals surface area contributed by atoms with Gasteiger partial charge in [-0.1, -0.05) is 24.3 Å². The molecule has 1 aromatic rings. The highest BCUT2D eigenvalue weighted by Crippen LogP contribution is 2.04. The van der Waals surface area contributed by atoms with Gasteiger partial charge in [-0.25, -0.2) is 5.84 Å². The minimum absolute atomic E-state index is 0.194. The molecule has 0 heterocycles. The molecular weight excluding hydrogens is 166 g/mol. The van der Waals surface area contributed by atoms with E-state index in [1.165, 1.54) is 0 Å². The maximum Gasteiger partial charge on any atom is 0.238 e. The second-order valence-electron chi connectivity index (χ2n) is 2.76. The van der Waals surface area contributed by atoms with Crippen LogP contribution in [0, 0.1) is 0 Å². The first-order chi connectivity index (χ1) is 6.26. The van der Waals surface area contributed by atoms with E-state index in [2.05, 4.69) is 5.43 Å². The van der Waals surface area contributed by atoms with Gasteiger partial charge in [0.25, 0.3) is 0 Å². The molecule has 0 aliphatic rings. The molecule has 1 amide bonds. The van der Waals surface area contributed by atoms with E-state index < -0.39 is 0 Å². The van der Waals surface area contributed by atoms with Crippen LogP contribution in [0.5, 0.6) is 0 Å². The van der Waals surface area contributed by atoms with E-state index in [0.29, 0.717) is 13.0 Å². The molecule has 0 atom stereocenters. The molecule has 0 aromatic heterocycles. The third kappa shape index (κ3) is 2.85. The highest BCUT2D eigenvalue weighted by molar-refractivity contribution is 5.77. The molecule has 0 aliphatic heterocycles. The highest BCUT2D eigenvalue weighted by atomic mass is 16.2. The van der Waals surface area contributed by atoms with Crippen molar-refractivity contribution in [1.82, 2.24) is 5.43 Å². The molecule has 0 bridgehead atoms. The minimum atomic E-state index is -0.194. The molecule has 4 heteroatoms. The van der Waals surface area contributed by atoms with Crippen molar-refractivity contribution in [3.05, 3.63) is 35.4 Å². The first-order valence-electron chi connectivity index (χ1n) is 4.03. The lowest BCUT2D eigenvalue weighted by Crippen LogP contribution is -2.31. The van der Waals surface area contributed by atoms with Crippen molar-refractivity contribution in [3.8, 4) is 0 Å². The summed E-state index contributed by atoms with van der Waals surface area (Å²) in [6.45, 7) is 0.517. The van der Waals surface area contributed by atoms with Crippen molar-refractivity contribution in [3.63, 3.8) is 0 Å². The van der Waals surface area contributed by atoms with Gasteiger partial charge in [0, 0.05) is 6.54 Å². The molecule has 1 aromatic carbocycles. The van der Waals surface area contributed by atoms with Crippen LogP contribution in [0.2, 0.25) is 0 Å². The Kier molecular flexibility index (Phi) is 3.42. The fourth-order valence-electron chi connectivity index (χ4n) is 1.03. The molecule has 4 nitrogen and oxygen atoms in total. The number of amides is 1. The van der Waals surface area contributed by atoms with Crippen LogP contribution in [-0.2, 0) is 17.8 Å². The van der Waals surface area contributed by atoms with Crippen LogP contribution < -0.4 is 17.0 Å². The number of rotatable bonds is 3. The Hall–Kier alpha value is -1.39. The summed E-state index contributed by atoms with van der Waals surface area (Å²) in [5.41, 5.74) is 9.49. The maximum atomic E-state index is 10.9. The number of nitrogens with one attached hydrogen (secondary N) is 1. The lowest BCUT2D eigenvalue weighted by atomic mass is 10.1. The Morgan fingerprint density at radius 2 is 1.77 bits per heavy atom. The number of carbonyl (C=O) groups is 1. The molecule has 5 N–H and O–H groups in total. The molecule has 70 valence electrons. The molecule has 0 aliphatic carbocycles. The lowest BCUT2D eigenvalue weighted by molar-refractivity contribution is -0.120. The van der Waals surface area contributed by atoms with E-state index >= 15 is 0 Å². The SMILES string of the molecule is NCc1ccc(CC(=O)NN)cc1. The summed E-state index contributed by atoms with van der Waals surface area (Å²) in [5.74, 6) is 4.76. The van der Waals surface area contributed by atoms with Crippen molar-refractivity contribution in [2.24, 2.45) is 11.6 Å². The highest BCUT2D eigenvalue weighted by Gasteiger charge is 1.99. The van der Waals surface area contributed by atoms with E-state index in [9.17, 15) is 4.79 Å². The Morgan fingerprint density at radius 1 is 1.23 bits per heavy atom. The van der Waals surface area contributed by atoms with E-state index in [1.54, 1.807) is 0 Å². The summed E-state index contributed by atoms with van der Waals surface area (Å²) < 4.78 is 0. The maximum absolute atomic E-state index is 10.9. The summed E-state index contributed by atoms with van der Waals surface area (Å²) >= 11 is 0. The number of hydrogen-bond acceptors (Lipinski definition) is 3. The topological polar surface area (TPSA) is 81.1 Å². The Morgan fingerprint density at radius 3 is 2.23 bits per heavy atom. The van der Waals surface area contributed by atoms with Crippen molar-refractivity contribution in [2.75, 3.05) is 0 Å². The van der Waals surface area contributed by atoms with Crippen molar-refractivity contribution in [1.29, 1.82) is 0 Å².